The zero-order valence-electron chi connectivity index (χ0n) is 33.7. The second-order valence-electron chi connectivity index (χ2n) is 16.0. The Morgan fingerprint density at radius 1 is 0.673 bits per heavy atom. The topological polar surface area (TPSA) is 205 Å². The van der Waals surface area contributed by atoms with Crippen molar-refractivity contribution in [2.45, 2.75) is 145 Å². The quantitative estimate of drug-likeness (QED) is 0.0942. The van der Waals surface area contributed by atoms with Gasteiger partial charge in [-0.3, -0.25) is 29.0 Å². The second kappa shape index (κ2) is 22.5. The van der Waals surface area contributed by atoms with Crippen LogP contribution in [0.5, 0.6) is 0 Å². The van der Waals surface area contributed by atoms with Crippen LogP contribution >= 0.6 is 0 Å². The Hall–Kier alpha value is -3.58. The molecule has 8 N–H and O–H groups in total. The minimum atomic E-state index is -1.10. The lowest BCUT2D eigenvalue weighted by atomic mass is 9.85. The summed E-state index contributed by atoms with van der Waals surface area (Å²) >= 11 is 0. The van der Waals surface area contributed by atoms with E-state index in [0.717, 1.165) is 0 Å². The fourth-order valence-corrected chi connectivity index (χ4v) is 5.82. The summed E-state index contributed by atoms with van der Waals surface area (Å²) in [7, 11) is 0. The van der Waals surface area contributed by atoms with Crippen molar-refractivity contribution in [1.82, 2.24) is 31.6 Å². The number of rotatable bonds is 22. The number of aliphatic hydroxyl groups is 1. The van der Waals surface area contributed by atoms with Crippen molar-refractivity contribution in [2.24, 2.45) is 47.2 Å². The first kappa shape index (κ1) is 46.4. The number of carbonyl (C=O) groups excluding carboxylic acids is 5. The Morgan fingerprint density at radius 3 is 1.67 bits per heavy atom. The van der Waals surface area contributed by atoms with E-state index < -0.39 is 65.9 Å². The zero-order valence-corrected chi connectivity index (χ0v) is 33.7. The van der Waals surface area contributed by atoms with Gasteiger partial charge in [0.15, 0.2) is 0 Å². The molecule has 1 heterocycles. The highest BCUT2D eigenvalue weighted by Gasteiger charge is 2.36. The minimum absolute atomic E-state index is 0.0238. The van der Waals surface area contributed by atoms with Gasteiger partial charge in [0.2, 0.25) is 29.5 Å². The van der Waals surface area contributed by atoms with Gasteiger partial charge in [-0.05, 0) is 60.5 Å². The molecular formula is C39H69N7O6. The summed E-state index contributed by atoms with van der Waals surface area (Å²) in [5.41, 5.74) is 6.72. The number of carbonyl (C=O) groups is 5. The van der Waals surface area contributed by atoms with Crippen LogP contribution in [0.1, 0.15) is 108 Å². The van der Waals surface area contributed by atoms with Crippen LogP contribution in [0.25, 0.3) is 0 Å². The number of pyridine rings is 1. The van der Waals surface area contributed by atoms with Crippen molar-refractivity contribution in [3.8, 4) is 0 Å². The molecule has 0 aliphatic rings. The highest BCUT2D eigenvalue weighted by atomic mass is 16.3. The molecule has 1 aromatic rings. The molecule has 0 aliphatic heterocycles. The van der Waals surface area contributed by atoms with Gasteiger partial charge in [-0.1, -0.05) is 95.6 Å². The maximum absolute atomic E-state index is 13.9. The second-order valence-corrected chi connectivity index (χ2v) is 16.0. The monoisotopic (exact) mass is 732 g/mol. The predicted octanol–water partition coefficient (Wildman–Crippen LogP) is 3.05. The Morgan fingerprint density at radius 2 is 1.21 bits per heavy atom. The first-order valence-electron chi connectivity index (χ1n) is 19.0. The molecule has 0 bridgehead atoms. The van der Waals surface area contributed by atoms with Crippen LogP contribution in [0.15, 0.2) is 24.4 Å². The third kappa shape index (κ3) is 15.2. The number of nitrogens with one attached hydrogen (secondary N) is 5. The van der Waals surface area contributed by atoms with Crippen molar-refractivity contribution >= 4 is 29.5 Å². The summed E-state index contributed by atoms with van der Waals surface area (Å²) in [6, 6.07) is 1.30. The lowest BCUT2D eigenvalue weighted by molar-refractivity contribution is -0.136. The lowest BCUT2D eigenvalue weighted by Crippen LogP contribution is -2.58. The fourth-order valence-electron chi connectivity index (χ4n) is 5.82. The molecule has 1 unspecified atom stereocenters. The molecule has 5 amide bonds. The molecule has 0 fully saturated rings. The molecule has 0 saturated heterocycles. The summed E-state index contributed by atoms with van der Waals surface area (Å²) < 4.78 is 0. The van der Waals surface area contributed by atoms with Gasteiger partial charge in [0, 0.05) is 12.1 Å². The summed E-state index contributed by atoms with van der Waals surface area (Å²) in [5, 5.41) is 25.9. The molecule has 1 rings (SSSR count). The van der Waals surface area contributed by atoms with Gasteiger partial charge >= 0.3 is 0 Å². The van der Waals surface area contributed by atoms with Crippen LogP contribution in [-0.2, 0) is 30.5 Å². The first-order valence-corrected chi connectivity index (χ1v) is 19.0. The smallest absolute Gasteiger partial charge is 0.243 e. The van der Waals surface area contributed by atoms with E-state index in [2.05, 4.69) is 31.6 Å². The Kier molecular flexibility index (Phi) is 20.1. The number of aromatic nitrogens is 1. The number of amides is 5. The van der Waals surface area contributed by atoms with Gasteiger partial charge in [0.1, 0.15) is 18.1 Å². The molecule has 296 valence electrons. The van der Waals surface area contributed by atoms with E-state index in [-0.39, 0.29) is 54.4 Å². The van der Waals surface area contributed by atoms with E-state index >= 15 is 0 Å². The average Bonchev–Trinajstić information content (AvgIpc) is 3.07. The maximum atomic E-state index is 13.9. The van der Waals surface area contributed by atoms with Crippen LogP contribution < -0.4 is 32.3 Å². The number of hydrogen-bond acceptors (Lipinski definition) is 8. The SMILES string of the molecule is CCC(C)[C@H](NC(=O)[C@@H](NC(=O)[C@@H](C[C@H](O)[C@H](CC(C)C)NC(=O)[C@@H](NC(=O)[C@@H](N)C(C)C)C(C)C)C(C)C)C(C)C)C(=O)NCc1ccccn1. The van der Waals surface area contributed by atoms with Crippen molar-refractivity contribution in [2.75, 3.05) is 0 Å². The van der Waals surface area contributed by atoms with Crippen LogP contribution in [0, 0.1) is 41.4 Å². The fraction of sp³-hybridized carbons (Fsp3) is 0.744. The largest absolute Gasteiger partial charge is 0.391 e. The molecule has 0 saturated carbocycles. The van der Waals surface area contributed by atoms with E-state index in [9.17, 15) is 29.1 Å². The summed E-state index contributed by atoms with van der Waals surface area (Å²) in [4.78, 5) is 71.4. The van der Waals surface area contributed by atoms with E-state index in [1.54, 1.807) is 18.3 Å². The van der Waals surface area contributed by atoms with Gasteiger partial charge in [-0.25, -0.2) is 0 Å². The van der Waals surface area contributed by atoms with E-state index in [4.69, 9.17) is 5.73 Å². The van der Waals surface area contributed by atoms with Crippen molar-refractivity contribution in [1.29, 1.82) is 0 Å². The van der Waals surface area contributed by atoms with Crippen molar-refractivity contribution in [3.05, 3.63) is 30.1 Å². The zero-order chi connectivity index (χ0) is 39.9. The molecule has 8 atom stereocenters. The number of nitrogens with zero attached hydrogens (tertiary/aromatic N) is 1. The highest BCUT2D eigenvalue weighted by Crippen LogP contribution is 2.23. The third-order valence-electron chi connectivity index (χ3n) is 9.63. The van der Waals surface area contributed by atoms with Gasteiger partial charge < -0.3 is 37.4 Å². The summed E-state index contributed by atoms with van der Waals surface area (Å²) in [6.07, 6.45) is 1.63. The Balaban J connectivity index is 3.15. The number of nitrogens with two attached hydrogens (primary N) is 1. The minimum Gasteiger partial charge on any atom is -0.391 e. The molecule has 52 heavy (non-hydrogen) atoms. The molecule has 13 heteroatoms. The molecule has 0 aliphatic carbocycles. The van der Waals surface area contributed by atoms with Crippen LogP contribution in [0.4, 0.5) is 0 Å². The van der Waals surface area contributed by atoms with E-state index in [0.29, 0.717) is 18.5 Å². The first-order chi connectivity index (χ1) is 24.2. The van der Waals surface area contributed by atoms with E-state index in [1.807, 2.05) is 89.2 Å². The van der Waals surface area contributed by atoms with Gasteiger partial charge in [0.25, 0.3) is 0 Å². The predicted molar refractivity (Wildman–Crippen MR) is 204 cm³/mol. The molecule has 13 nitrogen and oxygen atoms in total. The van der Waals surface area contributed by atoms with E-state index in [1.165, 1.54) is 0 Å². The van der Waals surface area contributed by atoms with Gasteiger partial charge in [0.05, 0.1) is 30.4 Å². The van der Waals surface area contributed by atoms with Gasteiger partial charge in [-0.15, -0.1) is 0 Å². The average molecular weight is 732 g/mol. The van der Waals surface area contributed by atoms with Crippen molar-refractivity contribution < 1.29 is 29.1 Å². The molecule has 0 radical (unpaired) electrons. The normalized spacial score (nSPS) is 16.4. The Labute approximate surface area is 312 Å². The van der Waals surface area contributed by atoms with Crippen LogP contribution in [0.2, 0.25) is 0 Å². The number of hydrogen-bond donors (Lipinski definition) is 7. The standard InChI is InChI=1S/C39H69N7O6/c1-13-26(12)34(37(50)42-20-27-16-14-15-17-41-27)46-39(52)33(25(10)11)44-35(48)28(22(4)5)19-30(47)29(18-21(2)3)43-38(51)32(24(8)9)45-36(49)31(40)23(6)7/h14-17,21-26,28-34,47H,13,18-20,40H2,1-12H3,(H,42,50)(H,43,51)(H,44,48)(H,45,49)(H,46,52)/t26?,28-,29-,30-,31-,32-,33-,34-/m0/s1. The molecule has 0 spiro atoms. The summed E-state index contributed by atoms with van der Waals surface area (Å²) in [5.74, 6) is -3.77. The number of aliphatic hydroxyl groups excluding tert-OH is 1. The van der Waals surface area contributed by atoms with Crippen LogP contribution in [0.3, 0.4) is 0 Å². The Bertz CT molecular complexity index is 1270. The highest BCUT2D eigenvalue weighted by molar-refractivity contribution is 5.93. The maximum Gasteiger partial charge on any atom is 0.243 e. The lowest BCUT2D eigenvalue weighted by Gasteiger charge is -2.33. The van der Waals surface area contributed by atoms with Gasteiger partial charge in [-0.2, -0.15) is 0 Å². The molecule has 1 aromatic heterocycles. The third-order valence-corrected chi connectivity index (χ3v) is 9.63. The molecule has 0 aromatic carbocycles. The van der Waals surface area contributed by atoms with Crippen LogP contribution in [-0.4, -0.2) is 75.9 Å². The summed E-state index contributed by atoms with van der Waals surface area (Å²) in [6.45, 7) is 22.6. The van der Waals surface area contributed by atoms with Crippen molar-refractivity contribution in [3.63, 3.8) is 0 Å². The molecular weight excluding hydrogens is 662 g/mol.